The zero-order valence-corrected chi connectivity index (χ0v) is 16.6. The van der Waals surface area contributed by atoms with Crippen LogP contribution in [0, 0.1) is 5.82 Å². The van der Waals surface area contributed by atoms with Gasteiger partial charge in [-0.1, -0.05) is 19.3 Å². The molecule has 2 fully saturated rings. The predicted molar refractivity (Wildman–Crippen MR) is 107 cm³/mol. The van der Waals surface area contributed by atoms with Gasteiger partial charge in [0.05, 0.1) is 6.54 Å². The minimum absolute atomic E-state index is 0.0523. The summed E-state index contributed by atoms with van der Waals surface area (Å²) in [6.45, 7) is 0.982. The fourth-order valence-electron chi connectivity index (χ4n) is 3.90. The van der Waals surface area contributed by atoms with Crippen molar-refractivity contribution in [2.24, 2.45) is 0 Å². The molecule has 0 atom stereocenters. The van der Waals surface area contributed by atoms with E-state index in [0.717, 1.165) is 12.8 Å². The van der Waals surface area contributed by atoms with Crippen molar-refractivity contribution in [3.05, 3.63) is 35.6 Å². The van der Waals surface area contributed by atoms with E-state index in [9.17, 15) is 18.8 Å². The van der Waals surface area contributed by atoms with Crippen molar-refractivity contribution in [2.45, 2.75) is 57.0 Å². The zero-order valence-electron chi connectivity index (χ0n) is 16.6. The van der Waals surface area contributed by atoms with Crippen LogP contribution in [-0.4, -0.2) is 54.5 Å². The number of hydrogen-bond acceptors (Lipinski definition) is 3. The number of nitrogens with one attached hydrogen (secondary N) is 3. The number of hydrogen-bond donors (Lipinski definition) is 3. The molecule has 7 nitrogen and oxygen atoms in total. The number of likely N-dealkylation sites (tertiary alicyclic amines) is 1. The number of nitrogens with zero attached hydrogens (tertiary/aromatic N) is 1. The van der Waals surface area contributed by atoms with E-state index in [1.807, 2.05) is 0 Å². The molecule has 1 saturated heterocycles. The van der Waals surface area contributed by atoms with Gasteiger partial charge in [-0.25, -0.2) is 9.18 Å². The number of rotatable bonds is 5. The second kappa shape index (κ2) is 10.2. The van der Waals surface area contributed by atoms with Crippen molar-refractivity contribution in [1.29, 1.82) is 0 Å². The van der Waals surface area contributed by atoms with Crippen molar-refractivity contribution in [3.63, 3.8) is 0 Å². The van der Waals surface area contributed by atoms with E-state index in [1.165, 1.54) is 43.5 Å². The van der Waals surface area contributed by atoms with Gasteiger partial charge in [0.15, 0.2) is 0 Å². The maximum atomic E-state index is 12.9. The monoisotopic (exact) mass is 404 g/mol. The van der Waals surface area contributed by atoms with Crippen LogP contribution in [0.4, 0.5) is 9.18 Å². The third kappa shape index (κ3) is 6.44. The highest BCUT2D eigenvalue weighted by atomic mass is 19.1. The Hall–Kier alpha value is -2.64. The molecule has 3 N–H and O–H groups in total. The Morgan fingerprint density at radius 1 is 0.897 bits per heavy atom. The summed E-state index contributed by atoms with van der Waals surface area (Å²) in [5, 5.41) is 8.64. The van der Waals surface area contributed by atoms with Gasteiger partial charge in [-0.3, -0.25) is 9.59 Å². The van der Waals surface area contributed by atoms with E-state index in [-0.39, 0.29) is 30.6 Å². The lowest BCUT2D eigenvalue weighted by atomic mass is 9.96. The number of urea groups is 1. The predicted octanol–water partition coefficient (Wildman–Crippen LogP) is 2.18. The van der Waals surface area contributed by atoms with E-state index >= 15 is 0 Å². The topological polar surface area (TPSA) is 90.5 Å². The molecule has 29 heavy (non-hydrogen) atoms. The van der Waals surface area contributed by atoms with Crippen LogP contribution in [0.1, 0.15) is 55.3 Å². The van der Waals surface area contributed by atoms with Crippen LogP contribution in [0.25, 0.3) is 0 Å². The van der Waals surface area contributed by atoms with Gasteiger partial charge in [-0.15, -0.1) is 0 Å². The molecule has 0 aromatic heterocycles. The van der Waals surface area contributed by atoms with Crippen molar-refractivity contribution >= 4 is 17.8 Å². The number of piperidine rings is 1. The quantitative estimate of drug-likeness (QED) is 0.703. The van der Waals surface area contributed by atoms with Gasteiger partial charge >= 0.3 is 6.03 Å². The van der Waals surface area contributed by atoms with Crippen molar-refractivity contribution in [1.82, 2.24) is 20.9 Å². The van der Waals surface area contributed by atoms with Gasteiger partial charge in [0.25, 0.3) is 5.91 Å². The summed E-state index contributed by atoms with van der Waals surface area (Å²) in [6, 6.07) is 5.38. The summed E-state index contributed by atoms with van der Waals surface area (Å²) < 4.78 is 12.9. The second-order valence-corrected chi connectivity index (χ2v) is 7.80. The Labute approximate surface area is 170 Å². The first-order chi connectivity index (χ1) is 14.0. The molecule has 0 radical (unpaired) electrons. The summed E-state index contributed by atoms with van der Waals surface area (Å²) in [7, 11) is 0. The van der Waals surface area contributed by atoms with Gasteiger partial charge in [-0.05, 0) is 49.9 Å². The number of amides is 4. The Morgan fingerprint density at radius 2 is 1.48 bits per heavy atom. The molecule has 1 aliphatic carbocycles. The molecule has 0 bridgehead atoms. The Balaban J connectivity index is 1.35. The van der Waals surface area contributed by atoms with E-state index in [1.54, 1.807) is 4.90 Å². The minimum Gasteiger partial charge on any atom is -0.343 e. The fourth-order valence-corrected chi connectivity index (χ4v) is 3.90. The lowest BCUT2D eigenvalue weighted by molar-refractivity contribution is -0.131. The van der Waals surface area contributed by atoms with Crippen molar-refractivity contribution < 1.29 is 18.8 Å². The molecule has 2 aliphatic rings. The Morgan fingerprint density at radius 3 is 2.10 bits per heavy atom. The number of benzene rings is 1. The second-order valence-electron chi connectivity index (χ2n) is 7.80. The average molecular weight is 404 g/mol. The maximum absolute atomic E-state index is 12.9. The summed E-state index contributed by atoms with van der Waals surface area (Å²) in [4.78, 5) is 38.2. The van der Waals surface area contributed by atoms with Crippen LogP contribution in [0.2, 0.25) is 0 Å². The average Bonchev–Trinajstić information content (AvgIpc) is 2.73. The van der Waals surface area contributed by atoms with Crippen LogP contribution < -0.4 is 16.0 Å². The molecule has 3 rings (SSSR count). The Bertz CT molecular complexity index is 711. The highest BCUT2D eigenvalue weighted by Gasteiger charge is 2.25. The highest BCUT2D eigenvalue weighted by molar-refractivity contribution is 5.96. The third-order valence-electron chi connectivity index (χ3n) is 5.63. The molecule has 0 spiro atoms. The molecule has 1 saturated carbocycles. The lowest BCUT2D eigenvalue weighted by Gasteiger charge is -2.33. The van der Waals surface area contributed by atoms with Gasteiger partial charge < -0.3 is 20.9 Å². The SMILES string of the molecule is O=C(NC1CCCCC1)NC1CCN(C(=O)CNC(=O)c2ccc(F)cc2)CC1. The summed E-state index contributed by atoms with van der Waals surface area (Å²) in [6.07, 6.45) is 7.06. The van der Waals surface area contributed by atoms with E-state index < -0.39 is 11.7 Å². The smallest absolute Gasteiger partial charge is 0.315 e. The van der Waals surface area contributed by atoms with Crippen LogP contribution in [0.5, 0.6) is 0 Å². The number of carbonyl (C=O) groups excluding carboxylic acids is 3. The van der Waals surface area contributed by atoms with E-state index in [2.05, 4.69) is 16.0 Å². The standard InChI is InChI=1S/C21H29FN4O3/c22-16-8-6-15(7-9-16)20(28)23-14-19(27)26-12-10-18(11-13-26)25-21(29)24-17-4-2-1-3-5-17/h6-9,17-18H,1-5,10-14H2,(H,23,28)(H2,24,25,29). The van der Waals surface area contributed by atoms with Crippen molar-refractivity contribution in [2.75, 3.05) is 19.6 Å². The van der Waals surface area contributed by atoms with Gasteiger partial charge in [0.1, 0.15) is 5.82 Å². The summed E-state index contributed by atoms with van der Waals surface area (Å²) in [5.41, 5.74) is 0.311. The van der Waals surface area contributed by atoms with Gasteiger partial charge in [0, 0.05) is 30.7 Å². The zero-order chi connectivity index (χ0) is 20.6. The first-order valence-electron chi connectivity index (χ1n) is 10.4. The third-order valence-corrected chi connectivity index (χ3v) is 5.63. The highest BCUT2D eigenvalue weighted by Crippen LogP contribution is 2.17. The molecule has 158 valence electrons. The van der Waals surface area contributed by atoms with Gasteiger partial charge in [-0.2, -0.15) is 0 Å². The molecular weight excluding hydrogens is 375 g/mol. The summed E-state index contributed by atoms with van der Waals surface area (Å²) in [5.74, 6) is -0.985. The first kappa shape index (κ1) is 21.1. The number of carbonyl (C=O) groups is 3. The number of halogens is 1. The maximum Gasteiger partial charge on any atom is 0.315 e. The van der Waals surface area contributed by atoms with Crippen LogP contribution >= 0.6 is 0 Å². The van der Waals surface area contributed by atoms with Crippen molar-refractivity contribution in [3.8, 4) is 0 Å². The fraction of sp³-hybridized carbons (Fsp3) is 0.571. The minimum atomic E-state index is -0.415. The van der Waals surface area contributed by atoms with E-state index in [0.29, 0.717) is 31.5 Å². The molecular formula is C21H29FN4O3. The molecule has 1 heterocycles. The molecule has 8 heteroatoms. The van der Waals surface area contributed by atoms with Crippen LogP contribution in [0.3, 0.4) is 0 Å². The van der Waals surface area contributed by atoms with Crippen LogP contribution in [0.15, 0.2) is 24.3 Å². The molecule has 4 amide bonds. The normalized spacial score (nSPS) is 18.2. The van der Waals surface area contributed by atoms with Gasteiger partial charge in [0.2, 0.25) is 5.91 Å². The Kier molecular flexibility index (Phi) is 7.43. The molecule has 1 aromatic carbocycles. The summed E-state index contributed by atoms with van der Waals surface area (Å²) >= 11 is 0. The van der Waals surface area contributed by atoms with E-state index in [4.69, 9.17) is 0 Å². The van der Waals surface area contributed by atoms with Crippen LogP contribution in [-0.2, 0) is 4.79 Å². The molecule has 1 aromatic rings. The molecule has 0 unspecified atom stereocenters. The largest absolute Gasteiger partial charge is 0.343 e. The lowest BCUT2D eigenvalue weighted by Crippen LogP contribution is -2.52. The molecule has 1 aliphatic heterocycles. The first-order valence-corrected chi connectivity index (χ1v) is 10.4.